The molecule has 1 atom stereocenters. The van der Waals surface area contributed by atoms with Crippen LogP contribution in [-0.2, 0) is 4.79 Å². The van der Waals surface area contributed by atoms with Crippen molar-refractivity contribution >= 4 is 5.97 Å². The second-order valence-electron chi connectivity index (χ2n) is 3.94. The number of hydrogen-bond acceptors (Lipinski definition) is 3. The average Bonchev–Trinajstić information content (AvgIpc) is 2.09. The lowest BCUT2D eigenvalue weighted by molar-refractivity contribution is -0.138. The number of hydrogen-bond donors (Lipinski definition) is 1. The summed E-state index contributed by atoms with van der Waals surface area (Å²) in [7, 11) is 6.03. The fourth-order valence-electron chi connectivity index (χ4n) is 1.35. The van der Waals surface area contributed by atoms with Crippen LogP contribution in [0.15, 0.2) is 0 Å². The van der Waals surface area contributed by atoms with Gasteiger partial charge in [-0.2, -0.15) is 0 Å². The second-order valence-corrected chi connectivity index (χ2v) is 3.94. The van der Waals surface area contributed by atoms with Gasteiger partial charge in [-0.3, -0.25) is 4.79 Å². The molecule has 0 bridgehead atoms. The van der Waals surface area contributed by atoms with Crippen LogP contribution in [0.4, 0.5) is 0 Å². The summed E-state index contributed by atoms with van der Waals surface area (Å²) >= 11 is 0. The summed E-state index contributed by atoms with van der Waals surface area (Å²) in [6.07, 6.45) is 1.12. The fourth-order valence-corrected chi connectivity index (χ4v) is 1.35. The maximum Gasteiger partial charge on any atom is 0.304 e. The third-order valence-corrected chi connectivity index (χ3v) is 2.40. The van der Waals surface area contributed by atoms with Crippen molar-refractivity contribution in [2.45, 2.75) is 25.8 Å². The first-order valence-corrected chi connectivity index (χ1v) is 5.04. The normalized spacial score (nSPS) is 13.6. The van der Waals surface area contributed by atoms with E-state index in [0.717, 1.165) is 19.5 Å². The van der Waals surface area contributed by atoms with Crippen molar-refractivity contribution < 1.29 is 9.90 Å². The third kappa shape index (κ3) is 5.94. The highest BCUT2D eigenvalue weighted by molar-refractivity contribution is 5.67. The second kappa shape index (κ2) is 6.79. The molecule has 0 aromatic carbocycles. The molecule has 4 heteroatoms. The van der Waals surface area contributed by atoms with E-state index in [1.807, 2.05) is 28.1 Å². The molecule has 1 N–H and O–H groups in total. The Hall–Kier alpha value is -0.610. The van der Waals surface area contributed by atoms with E-state index < -0.39 is 5.97 Å². The van der Waals surface area contributed by atoms with Crippen molar-refractivity contribution in [3.05, 3.63) is 0 Å². The molecule has 0 heterocycles. The molecule has 0 radical (unpaired) electrons. The minimum absolute atomic E-state index is 0.160. The molecule has 0 amide bonds. The number of carboxylic acids is 1. The predicted octanol–water partition coefficient (Wildman–Crippen LogP) is 0.733. The molecular weight excluding hydrogens is 180 g/mol. The van der Waals surface area contributed by atoms with Crippen molar-refractivity contribution in [1.82, 2.24) is 9.80 Å². The monoisotopic (exact) mass is 202 g/mol. The molecule has 0 saturated heterocycles. The van der Waals surface area contributed by atoms with E-state index in [9.17, 15) is 4.79 Å². The van der Waals surface area contributed by atoms with Gasteiger partial charge < -0.3 is 14.9 Å². The summed E-state index contributed by atoms with van der Waals surface area (Å²) < 4.78 is 0. The van der Waals surface area contributed by atoms with E-state index >= 15 is 0 Å². The lowest BCUT2D eigenvalue weighted by atomic mass is 10.1. The van der Waals surface area contributed by atoms with Crippen LogP contribution in [0.2, 0.25) is 0 Å². The van der Waals surface area contributed by atoms with Crippen LogP contribution >= 0.6 is 0 Å². The summed E-state index contributed by atoms with van der Waals surface area (Å²) in [5.74, 6) is -0.714. The van der Waals surface area contributed by atoms with E-state index in [1.54, 1.807) is 0 Å². The quantitative estimate of drug-likeness (QED) is 0.661. The highest BCUT2D eigenvalue weighted by Crippen LogP contribution is 2.06. The minimum atomic E-state index is -0.714. The Balaban J connectivity index is 3.90. The van der Waals surface area contributed by atoms with E-state index in [-0.39, 0.29) is 12.5 Å². The first kappa shape index (κ1) is 13.4. The molecule has 0 fully saturated rings. The predicted molar refractivity (Wildman–Crippen MR) is 57.5 cm³/mol. The molecule has 0 rings (SSSR count). The Morgan fingerprint density at radius 1 is 1.29 bits per heavy atom. The third-order valence-electron chi connectivity index (χ3n) is 2.40. The number of carbonyl (C=O) groups is 1. The first-order chi connectivity index (χ1) is 6.47. The Bertz CT molecular complexity index is 172. The molecule has 0 saturated carbocycles. The Kier molecular flexibility index (Phi) is 6.49. The summed E-state index contributed by atoms with van der Waals surface area (Å²) in [5.41, 5.74) is 0. The number of aliphatic carboxylic acids is 1. The maximum absolute atomic E-state index is 10.6. The van der Waals surface area contributed by atoms with E-state index in [4.69, 9.17) is 5.11 Å². The molecule has 14 heavy (non-hydrogen) atoms. The van der Waals surface area contributed by atoms with E-state index in [2.05, 4.69) is 9.80 Å². The number of carboxylic acid groups (broad SMARTS) is 1. The van der Waals surface area contributed by atoms with Gasteiger partial charge in [-0.1, -0.05) is 6.92 Å². The highest BCUT2D eigenvalue weighted by atomic mass is 16.4. The van der Waals surface area contributed by atoms with Crippen LogP contribution in [0.25, 0.3) is 0 Å². The Labute approximate surface area is 86.5 Å². The smallest absolute Gasteiger partial charge is 0.304 e. The molecule has 0 aliphatic rings. The minimum Gasteiger partial charge on any atom is -0.481 e. The van der Waals surface area contributed by atoms with Crippen LogP contribution < -0.4 is 0 Å². The number of rotatable bonds is 7. The van der Waals surface area contributed by atoms with Crippen molar-refractivity contribution in [2.24, 2.45) is 0 Å². The fraction of sp³-hybridized carbons (Fsp3) is 0.900. The van der Waals surface area contributed by atoms with Gasteiger partial charge in [0.15, 0.2) is 0 Å². The summed E-state index contributed by atoms with van der Waals surface area (Å²) in [4.78, 5) is 14.8. The molecule has 1 unspecified atom stereocenters. The topological polar surface area (TPSA) is 43.8 Å². The van der Waals surface area contributed by atoms with E-state index in [1.165, 1.54) is 0 Å². The maximum atomic E-state index is 10.6. The Morgan fingerprint density at radius 3 is 2.21 bits per heavy atom. The van der Waals surface area contributed by atoms with Gasteiger partial charge in [0.2, 0.25) is 0 Å². The molecule has 0 aliphatic heterocycles. The van der Waals surface area contributed by atoms with Crippen molar-refractivity contribution in [3.63, 3.8) is 0 Å². The molecule has 84 valence electrons. The van der Waals surface area contributed by atoms with Crippen molar-refractivity contribution in [1.29, 1.82) is 0 Å². The van der Waals surface area contributed by atoms with Gasteiger partial charge in [0.25, 0.3) is 0 Å². The lowest BCUT2D eigenvalue weighted by Crippen LogP contribution is -2.37. The summed E-state index contributed by atoms with van der Waals surface area (Å²) in [6.45, 7) is 3.91. The van der Waals surface area contributed by atoms with Gasteiger partial charge in [-0.15, -0.1) is 0 Å². The zero-order chi connectivity index (χ0) is 11.1. The molecule has 0 spiro atoms. The lowest BCUT2D eigenvalue weighted by Gasteiger charge is -2.26. The van der Waals surface area contributed by atoms with Crippen molar-refractivity contribution in [3.8, 4) is 0 Å². The van der Waals surface area contributed by atoms with Crippen LogP contribution in [0.3, 0.4) is 0 Å². The molecule has 0 aliphatic carbocycles. The summed E-state index contributed by atoms with van der Waals surface area (Å²) in [5, 5.41) is 8.70. The van der Waals surface area contributed by atoms with Crippen LogP contribution in [0, 0.1) is 0 Å². The Morgan fingerprint density at radius 2 is 1.86 bits per heavy atom. The zero-order valence-corrected chi connectivity index (χ0v) is 9.66. The van der Waals surface area contributed by atoms with Gasteiger partial charge in [-0.25, -0.2) is 0 Å². The van der Waals surface area contributed by atoms with Crippen LogP contribution in [0.1, 0.15) is 19.8 Å². The average molecular weight is 202 g/mol. The van der Waals surface area contributed by atoms with Gasteiger partial charge in [-0.05, 0) is 27.6 Å². The highest BCUT2D eigenvalue weighted by Gasteiger charge is 2.15. The van der Waals surface area contributed by atoms with E-state index in [0.29, 0.717) is 0 Å². The van der Waals surface area contributed by atoms with Crippen LogP contribution in [-0.4, -0.2) is 61.2 Å². The van der Waals surface area contributed by atoms with Gasteiger partial charge in [0.1, 0.15) is 0 Å². The SMILES string of the molecule is CCC(CC(=O)O)N(C)CCN(C)C. The molecule has 0 aromatic rings. The zero-order valence-electron chi connectivity index (χ0n) is 9.66. The standard InChI is InChI=1S/C10H22N2O2/c1-5-9(8-10(13)14)12(4)7-6-11(2)3/h9H,5-8H2,1-4H3,(H,13,14). The van der Waals surface area contributed by atoms with Gasteiger partial charge in [0, 0.05) is 19.1 Å². The first-order valence-electron chi connectivity index (χ1n) is 5.04. The van der Waals surface area contributed by atoms with Crippen LogP contribution in [0.5, 0.6) is 0 Å². The van der Waals surface area contributed by atoms with Crippen molar-refractivity contribution in [2.75, 3.05) is 34.2 Å². The van der Waals surface area contributed by atoms with Gasteiger partial charge >= 0.3 is 5.97 Å². The van der Waals surface area contributed by atoms with Gasteiger partial charge in [0.05, 0.1) is 6.42 Å². The number of likely N-dealkylation sites (N-methyl/N-ethyl adjacent to an activating group) is 2. The number of nitrogens with zero attached hydrogens (tertiary/aromatic N) is 2. The molecular formula is C10H22N2O2. The largest absolute Gasteiger partial charge is 0.481 e. The summed E-state index contributed by atoms with van der Waals surface area (Å²) in [6, 6.07) is 0.160. The molecule has 0 aromatic heterocycles. The molecule has 4 nitrogen and oxygen atoms in total.